The Bertz CT molecular complexity index is 1910. The van der Waals surface area contributed by atoms with Crippen LogP contribution in [-0.4, -0.2) is 55.1 Å². The summed E-state index contributed by atoms with van der Waals surface area (Å²) in [5.74, 6) is 0.783. The fraction of sp³-hybridized carbons (Fsp3) is 0.345. The molecule has 244 valence electrons. The van der Waals surface area contributed by atoms with Gasteiger partial charge in [-0.1, -0.05) is 64.6 Å². The van der Waals surface area contributed by atoms with Crippen molar-refractivity contribution >= 4 is 95.1 Å². The predicted molar refractivity (Wildman–Crippen MR) is 183 cm³/mol. The molecular weight excluding hydrogens is 706 g/mol. The lowest BCUT2D eigenvalue weighted by Gasteiger charge is -2.24. The van der Waals surface area contributed by atoms with Crippen LogP contribution < -0.4 is 14.4 Å². The monoisotopic (exact) mass is 737 g/mol. The molecule has 0 saturated carbocycles. The Balaban J connectivity index is 1.69. The minimum absolute atomic E-state index is 0.185. The molecule has 0 fully saturated rings. The minimum Gasteiger partial charge on any atom is -0.326 e. The lowest BCUT2D eigenvalue weighted by molar-refractivity contribution is -0.673. The Morgan fingerprint density at radius 3 is 1.93 bits per heavy atom. The second-order valence-electron chi connectivity index (χ2n) is 10.2. The first-order chi connectivity index (χ1) is 21.1. The van der Waals surface area contributed by atoms with Gasteiger partial charge in [0.1, 0.15) is 5.82 Å². The van der Waals surface area contributed by atoms with Crippen molar-refractivity contribution in [2.75, 3.05) is 34.4 Å². The highest BCUT2D eigenvalue weighted by Gasteiger charge is 2.31. The topological polar surface area (TPSA) is 124 Å². The van der Waals surface area contributed by atoms with E-state index in [2.05, 4.69) is 0 Å². The number of rotatable bonds is 13. The SMILES string of the molecule is CCN1/C(=C/C=C/C=C/c2n(CC)c3cc(Cl)c(Cl)cc3[n+]2CCCS(=O)(=O)O)N(CCCS(=O)(=O)O)c2cc(Cl)c(Cl)cc21. The molecule has 2 aromatic carbocycles. The average Bonchev–Trinajstić information content (AvgIpc) is 3.38. The van der Waals surface area contributed by atoms with Crippen LogP contribution in [0.2, 0.25) is 20.1 Å². The molecule has 0 aliphatic carbocycles. The molecule has 16 heteroatoms. The standard InChI is InChI=1S/C29H32Cl4N4O6S2/c1-3-34-24-16-20(30)22(32)18-26(24)36(12-8-14-44(38,39)40)28(34)10-6-5-7-11-29-35(4-2)25-17-21(31)23(33)19-27(25)37(29)13-9-15-45(41,42)43/h5-7,10-11,16-19H,3-4,8-9,12-15H2,1-2H3,(H-,38,39,40,41,42,43)/p+1. The lowest BCUT2D eigenvalue weighted by Crippen LogP contribution is -2.37. The summed E-state index contributed by atoms with van der Waals surface area (Å²) in [6.07, 6.45) is 9.66. The molecule has 4 rings (SSSR count). The predicted octanol–water partition coefficient (Wildman–Crippen LogP) is 6.88. The van der Waals surface area contributed by atoms with E-state index in [1.807, 2.05) is 63.2 Å². The van der Waals surface area contributed by atoms with Crippen LogP contribution in [0.15, 0.2) is 54.4 Å². The van der Waals surface area contributed by atoms with E-state index in [0.29, 0.717) is 46.3 Å². The maximum atomic E-state index is 11.4. The minimum atomic E-state index is -4.12. The van der Waals surface area contributed by atoms with Crippen molar-refractivity contribution in [1.29, 1.82) is 0 Å². The molecule has 1 aliphatic rings. The van der Waals surface area contributed by atoms with Gasteiger partial charge in [0.15, 0.2) is 11.0 Å². The van der Waals surface area contributed by atoms with Gasteiger partial charge in [-0.2, -0.15) is 16.8 Å². The van der Waals surface area contributed by atoms with Crippen molar-refractivity contribution in [3.05, 3.63) is 80.3 Å². The van der Waals surface area contributed by atoms with Crippen LogP contribution in [0.1, 0.15) is 32.5 Å². The number of fused-ring (bicyclic) bond motifs is 2. The highest BCUT2D eigenvalue weighted by atomic mass is 35.5. The molecule has 0 radical (unpaired) electrons. The largest absolute Gasteiger partial charge is 0.326 e. The number of hydrogen-bond acceptors (Lipinski definition) is 6. The average molecular weight is 740 g/mol. The van der Waals surface area contributed by atoms with Gasteiger partial charge in [0.2, 0.25) is 0 Å². The third-order valence-electron chi connectivity index (χ3n) is 7.22. The number of allylic oxidation sites excluding steroid dienone is 4. The molecule has 45 heavy (non-hydrogen) atoms. The fourth-order valence-electron chi connectivity index (χ4n) is 5.35. The normalized spacial score (nSPS) is 15.1. The van der Waals surface area contributed by atoms with Gasteiger partial charge < -0.3 is 9.80 Å². The number of anilines is 2. The number of halogens is 4. The summed E-state index contributed by atoms with van der Waals surface area (Å²) >= 11 is 25.3. The van der Waals surface area contributed by atoms with E-state index in [1.165, 1.54) is 0 Å². The summed E-state index contributed by atoms with van der Waals surface area (Å²) in [5.41, 5.74) is 3.19. The van der Waals surface area contributed by atoms with Crippen LogP contribution in [-0.2, 0) is 33.3 Å². The smallest absolute Gasteiger partial charge is 0.282 e. The van der Waals surface area contributed by atoms with Crippen molar-refractivity contribution in [3.63, 3.8) is 0 Å². The molecule has 10 nitrogen and oxygen atoms in total. The van der Waals surface area contributed by atoms with Crippen molar-refractivity contribution in [2.45, 2.75) is 39.8 Å². The Hall–Kier alpha value is -2.29. The molecule has 3 aromatic rings. The van der Waals surface area contributed by atoms with Crippen molar-refractivity contribution < 1.29 is 30.5 Å². The number of aryl methyl sites for hydroxylation is 2. The molecular formula is C29H33Cl4N4O6S2+. The van der Waals surface area contributed by atoms with Crippen LogP contribution in [0.3, 0.4) is 0 Å². The van der Waals surface area contributed by atoms with Gasteiger partial charge in [-0.3, -0.25) is 9.11 Å². The second kappa shape index (κ2) is 14.6. The first-order valence-corrected chi connectivity index (χ1v) is 18.8. The molecule has 0 saturated heterocycles. The molecule has 2 N–H and O–H groups in total. The van der Waals surface area contributed by atoms with E-state index in [0.717, 1.165) is 34.1 Å². The van der Waals surface area contributed by atoms with Crippen LogP contribution in [0.4, 0.5) is 11.4 Å². The number of imidazole rings is 1. The molecule has 0 unspecified atom stereocenters. The first-order valence-electron chi connectivity index (χ1n) is 14.1. The van der Waals surface area contributed by atoms with E-state index in [-0.39, 0.29) is 24.3 Å². The number of aromatic nitrogens is 2. The van der Waals surface area contributed by atoms with Crippen molar-refractivity contribution in [2.24, 2.45) is 0 Å². The summed E-state index contributed by atoms with van der Waals surface area (Å²) in [6.45, 7) is 5.77. The van der Waals surface area contributed by atoms with Crippen LogP contribution >= 0.6 is 46.4 Å². The molecule has 1 aromatic heterocycles. The molecule has 0 spiro atoms. The van der Waals surface area contributed by atoms with Crippen molar-refractivity contribution in [3.8, 4) is 0 Å². The zero-order valence-electron chi connectivity index (χ0n) is 24.5. The maximum absolute atomic E-state index is 11.4. The zero-order valence-corrected chi connectivity index (χ0v) is 29.2. The van der Waals surface area contributed by atoms with Gasteiger partial charge in [0.05, 0.1) is 56.1 Å². The zero-order chi connectivity index (χ0) is 33.1. The molecule has 1 aliphatic heterocycles. The third-order valence-corrected chi connectivity index (χ3v) is 10.3. The summed E-state index contributed by atoms with van der Waals surface area (Å²) in [5, 5.41) is 1.52. The Labute approximate surface area is 283 Å². The van der Waals surface area contributed by atoms with E-state index < -0.39 is 20.2 Å². The molecule has 0 atom stereocenters. The lowest BCUT2D eigenvalue weighted by atomic mass is 10.2. The fourth-order valence-corrected chi connectivity index (χ4v) is 6.97. The maximum Gasteiger partial charge on any atom is 0.282 e. The van der Waals surface area contributed by atoms with Crippen LogP contribution in [0.25, 0.3) is 17.1 Å². The van der Waals surface area contributed by atoms with Gasteiger partial charge in [0, 0.05) is 37.7 Å². The summed E-state index contributed by atoms with van der Waals surface area (Å²) < 4.78 is 68.0. The highest BCUT2D eigenvalue weighted by molar-refractivity contribution is 7.86. The number of hydrogen-bond donors (Lipinski definition) is 2. The quantitative estimate of drug-likeness (QED) is 0.111. The molecule has 0 amide bonds. The summed E-state index contributed by atoms with van der Waals surface area (Å²) in [4.78, 5) is 3.97. The highest BCUT2D eigenvalue weighted by Crippen LogP contribution is 2.45. The van der Waals surface area contributed by atoms with Gasteiger partial charge in [-0.25, -0.2) is 9.13 Å². The molecule has 2 heterocycles. The Morgan fingerprint density at radius 1 is 0.756 bits per heavy atom. The number of benzene rings is 2. The summed E-state index contributed by atoms with van der Waals surface area (Å²) in [6, 6.07) is 7.02. The van der Waals surface area contributed by atoms with E-state index in [4.69, 9.17) is 46.4 Å². The van der Waals surface area contributed by atoms with Crippen molar-refractivity contribution in [1.82, 2.24) is 4.57 Å². The number of nitrogens with zero attached hydrogens (tertiary/aromatic N) is 4. The van der Waals surface area contributed by atoms with Gasteiger partial charge in [-0.05, 0) is 38.5 Å². The first kappa shape index (κ1) is 35.6. The Kier molecular flexibility index (Phi) is 11.6. The van der Waals surface area contributed by atoms with Crippen LogP contribution in [0, 0.1) is 0 Å². The van der Waals surface area contributed by atoms with E-state index in [9.17, 15) is 25.9 Å². The van der Waals surface area contributed by atoms with E-state index in [1.54, 1.807) is 24.3 Å². The van der Waals surface area contributed by atoms with Crippen LogP contribution in [0.5, 0.6) is 0 Å². The van der Waals surface area contributed by atoms with E-state index >= 15 is 0 Å². The second-order valence-corrected chi connectivity index (χ2v) is 15.0. The van der Waals surface area contributed by atoms with Gasteiger partial charge >= 0.3 is 0 Å². The van der Waals surface area contributed by atoms with Gasteiger partial charge in [-0.15, -0.1) is 0 Å². The summed E-state index contributed by atoms with van der Waals surface area (Å²) in [7, 11) is -8.25. The van der Waals surface area contributed by atoms with Gasteiger partial charge in [0.25, 0.3) is 26.1 Å². The Morgan fingerprint density at radius 2 is 1.33 bits per heavy atom. The third kappa shape index (κ3) is 8.55. The molecule has 0 bridgehead atoms.